The van der Waals surface area contributed by atoms with Crippen molar-refractivity contribution in [3.8, 4) is 0 Å². The average molecular weight is 379 g/mol. The van der Waals surface area contributed by atoms with Crippen molar-refractivity contribution in [2.75, 3.05) is 25.1 Å². The molecule has 0 unspecified atom stereocenters. The summed E-state index contributed by atoms with van der Waals surface area (Å²) in [5.74, 6) is -0.754. The van der Waals surface area contributed by atoms with Gasteiger partial charge in [-0.15, -0.1) is 0 Å². The number of hydrogen-bond acceptors (Lipinski definition) is 4. The summed E-state index contributed by atoms with van der Waals surface area (Å²) in [7, 11) is 3.28. The first-order valence-electron chi connectivity index (χ1n) is 6.79. The van der Waals surface area contributed by atoms with Gasteiger partial charge in [0, 0.05) is 29.8 Å². The van der Waals surface area contributed by atoms with Crippen LogP contribution in [0.5, 0.6) is 0 Å². The lowest BCUT2D eigenvalue weighted by atomic mass is 10.1. The Bertz CT molecular complexity index is 759. The zero-order chi connectivity index (χ0) is 17.0. The molecule has 0 fully saturated rings. The van der Waals surface area contributed by atoms with Crippen molar-refractivity contribution < 1.29 is 9.18 Å². The van der Waals surface area contributed by atoms with E-state index in [1.54, 1.807) is 19.2 Å². The Hall–Kier alpha value is -2.41. The van der Waals surface area contributed by atoms with Crippen LogP contribution in [0.4, 0.5) is 21.5 Å². The third-order valence-corrected chi connectivity index (χ3v) is 3.83. The molecule has 5 nitrogen and oxygen atoms in total. The normalized spacial score (nSPS) is 11.2. The van der Waals surface area contributed by atoms with Crippen LogP contribution in [0.15, 0.2) is 45.9 Å². The van der Waals surface area contributed by atoms with Gasteiger partial charge in [-0.05, 0) is 52.3 Å². The smallest absolute Gasteiger partial charge is 0.270 e. The van der Waals surface area contributed by atoms with Crippen molar-refractivity contribution in [1.82, 2.24) is 5.32 Å². The number of carbonyl (C=O) groups is 1. The lowest BCUT2D eigenvalue weighted by Gasteiger charge is -2.12. The highest BCUT2D eigenvalue weighted by molar-refractivity contribution is 9.10. The maximum atomic E-state index is 13.0. The average Bonchev–Trinajstić information content (AvgIpc) is 2.55. The quantitative estimate of drug-likeness (QED) is 0.564. The van der Waals surface area contributed by atoms with Crippen molar-refractivity contribution in [3.05, 3.63) is 52.3 Å². The van der Waals surface area contributed by atoms with E-state index in [4.69, 9.17) is 5.73 Å². The zero-order valence-corrected chi connectivity index (χ0v) is 14.2. The number of benzene rings is 2. The van der Waals surface area contributed by atoms with Crippen molar-refractivity contribution in [2.45, 2.75) is 0 Å². The van der Waals surface area contributed by atoms with E-state index in [1.807, 2.05) is 0 Å². The number of nitrogen functional groups attached to an aromatic ring is 1. The van der Waals surface area contributed by atoms with Crippen LogP contribution in [-0.2, 0) is 4.79 Å². The molecular weight excluding hydrogens is 363 g/mol. The highest BCUT2D eigenvalue weighted by Gasteiger charge is 2.17. The maximum absolute atomic E-state index is 13.0. The Balaban J connectivity index is 2.58. The molecular formula is C16H16BrFN4O. The lowest BCUT2D eigenvalue weighted by Crippen LogP contribution is -2.29. The summed E-state index contributed by atoms with van der Waals surface area (Å²) in [6, 6.07) is 8.98. The fourth-order valence-corrected chi connectivity index (χ4v) is 2.52. The Kier molecular flexibility index (Phi) is 5.33. The minimum absolute atomic E-state index is 0.153. The summed E-state index contributed by atoms with van der Waals surface area (Å²) in [4.78, 5) is 16.5. The van der Waals surface area contributed by atoms with Gasteiger partial charge in [0.15, 0.2) is 0 Å². The first kappa shape index (κ1) is 17.0. The van der Waals surface area contributed by atoms with E-state index >= 15 is 0 Å². The molecule has 0 radical (unpaired) electrons. The molecule has 1 amide bonds. The van der Waals surface area contributed by atoms with Gasteiger partial charge in [-0.1, -0.05) is 0 Å². The number of anilines is 2. The highest BCUT2D eigenvalue weighted by atomic mass is 79.9. The van der Waals surface area contributed by atoms with E-state index in [0.29, 0.717) is 16.9 Å². The SMILES string of the molecule is CNC(=O)C(=Nc1ccc(F)cc1)c1cc(Br)c(NC)cc1N. The summed E-state index contributed by atoms with van der Waals surface area (Å²) >= 11 is 3.42. The van der Waals surface area contributed by atoms with Gasteiger partial charge in [0.25, 0.3) is 5.91 Å². The van der Waals surface area contributed by atoms with Crippen LogP contribution in [0.25, 0.3) is 0 Å². The molecule has 23 heavy (non-hydrogen) atoms. The number of halogens is 2. The zero-order valence-electron chi connectivity index (χ0n) is 12.7. The maximum Gasteiger partial charge on any atom is 0.270 e. The predicted octanol–water partition coefficient (Wildman–Crippen LogP) is 3.08. The molecule has 2 rings (SSSR count). The molecule has 0 spiro atoms. The van der Waals surface area contributed by atoms with Crippen LogP contribution in [-0.4, -0.2) is 25.7 Å². The molecule has 7 heteroatoms. The molecule has 0 aromatic heterocycles. The van der Waals surface area contributed by atoms with E-state index in [1.165, 1.54) is 31.3 Å². The summed E-state index contributed by atoms with van der Waals surface area (Å²) in [6.45, 7) is 0. The first-order chi connectivity index (χ1) is 11.0. The van der Waals surface area contributed by atoms with Crippen molar-refractivity contribution in [3.63, 3.8) is 0 Å². The minimum atomic E-state index is -0.384. The molecule has 0 aliphatic carbocycles. The molecule has 4 N–H and O–H groups in total. The van der Waals surface area contributed by atoms with E-state index in [-0.39, 0.29) is 17.4 Å². The third-order valence-electron chi connectivity index (χ3n) is 3.17. The molecule has 0 aliphatic rings. The van der Waals surface area contributed by atoms with Gasteiger partial charge in [-0.25, -0.2) is 9.38 Å². The molecule has 2 aromatic carbocycles. The third kappa shape index (κ3) is 3.87. The van der Waals surface area contributed by atoms with Crippen LogP contribution < -0.4 is 16.4 Å². The summed E-state index contributed by atoms with van der Waals surface area (Å²) in [6.07, 6.45) is 0. The molecule has 0 saturated carbocycles. The Morgan fingerprint density at radius 2 is 1.87 bits per heavy atom. The van der Waals surface area contributed by atoms with E-state index in [0.717, 1.165) is 10.2 Å². The fraction of sp³-hybridized carbons (Fsp3) is 0.125. The number of nitrogens with two attached hydrogens (primary N) is 1. The Labute approximate surface area is 141 Å². The topological polar surface area (TPSA) is 79.5 Å². The van der Waals surface area contributed by atoms with E-state index in [2.05, 4.69) is 31.6 Å². The van der Waals surface area contributed by atoms with Crippen molar-refractivity contribution in [1.29, 1.82) is 0 Å². The van der Waals surface area contributed by atoms with Crippen LogP contribution in [0.3, 0.4) is 0 Å². The number of amides is 1. The van der Waals surface area contributed by atoms with Gasteiger partial charge in [0.1, 0.15) is 11.5 Å². The van der Waals surface area contributed by atoms with Crippen LogP contribution in [0, 0.1) is 5.82 Å². The predicted molar refractivity (Wildman–Crippen MR) is 94.8 cm³/mol. The second kappa shape index (κ2) is 7.23. The number of nitrogens with one attached hydrogen (secondary N) is 2. The van der Waals surface area contributed by atoms with Crippen LogP contribution in [0.1, 0.15) is 5.56 Å². The summed E-state index contributed by atoms with van der Waals surface area (Å²) < 4.78 is 13.8. The van der Waals surface area contributed by atoms with Gasteiger partial charge < -0.3 is 16.4 Å². The standard InChI is InChI=1S/C16H16BrFN4O/c1-20-14-8-13(19)11(7-12(14)17)15(16(23)21-2)22-10-5-3-9(18)4-6-10/h3-8,20H,19H2,1-2H3,(H,21,23). The van der Waals surface area contributed by atoms with E-state index in [9.17, 15) is 9.18 Å². The number of hydrogen-bond donors (Lipinski definition) is 3. The van der Waals surface area contributed by atoms with Gasteiger partial charge in [0.2, 0.25) is 0 Å². The second-order valence-corrected chi connectivity index (χ2v) is 5.54. The summed E-state index contributed by atoms with van der Waals surface area (Å²) in [5, 5.41) is 5.53. The van der Waals surface area contributed by atoms with Crippen molar-refractivity contribution in [2.24, 2.45) is 4.99 Å². The number of rotatable bonds is 4. The van der Waals surface area contributed by atoms with Crippen molar-refractivity contribution >= 4 is 44.6 Å². The number of likely N-dealkylation sites (N-methyl/N-ethyl adjacent to an activating group) is 1. The number of aliphatic imine (C=N–C) groups is 1. The molecule has 120 valence electrons. The monoisotopic (exact) mass is 378 g/mol. The molecule has 0 heterocycles. The highest BCUT2D eigenvalue weighted by Crippen LogP contribution is 2.29. The molecule has 0 atom stereocenters. The van der Waals surface area contributed by atoms with Crippen LogP contribution >= 0.6 is 15.9 Å². The summed E-state index contributed by atoms with van der Waals surface area (Å²) in [5.41, 5.74) is 8.35. The molecule has 0 aliphatic heterocycles. The second-order valence-electron chi connectivity index (χ2n) is 4.69. The molecule has 0 bridgehead atoms. The Morgan fingerprint density at radius 1 is 1.22 bits per heavy atom. The first-order valence-corrected chi connectivity index (χ1v) is 7.59. The largest absolute Gasteiger partial charge is 0.398 e. The minimum Gasteiger partial charge on any atom is -0.398 e. The number of carbonyl (C=O) groups excluding carboxylic acids is 1. The molecule has 2 aromatic rings. The number of nitrogens with zero attached hydrogens (tertiary/aromatic N) is 1. The fourth-order valence-electron chi connectivity index (χ4n) is 1.98. The van der Waals surface area contributed by atoms with Crippen LogP contribution in [0.2, 0.25) is 0 Å². The van der Waals surface area contributed by atoms with Gasteiger partial charge in [0.05, 0.1) is 11.4 Å². The Morgan fingerprint density at radius 3 is 2.43 bits per heavy atom. The van der Waals surface area contributed by atoms with Gasteiger partial charge >= 0.3 is 0 Å². The van der Waals surface area contributed by atoms with Gasteiger partial charge in [-0.3, -0.25) is 4.79 Å². The molecule has 0 saturated heterocycles. The lowest BCUT2D eigenvalue weighted by molar-refractivity contribution is -0.114. The van der Waals surface area contributed by atoms with Gasteiger partial charge in [-0.2, -0.15) is 0 Å². The van der Waals surface area contributed by atoms with E-state index < -0.39 is 0 Å².